The number of hydrogen-bond acceptors (Lipinski definition) is 5. The fourth-order valence-corrected chi connectivity index (χ4v) is 3.92. The first kappa shape index (κ1) is 20.3. The molecule has 1 amide bonds. The van der Waals surface area contributed by atoms with E-state index in [9.17, 15) is 22.0 Å². The summed E-state index contributed by atoms with van der Waals surface area (Å²) in [7, 11) is -4.66. The number of aromatic nitrogens is 2. The zero-order valence-corrected chi connectivity index (χ0v) is 16.4. The van der Waals surface area contributed by atoms with E-state index in [1.165, 1.54) is 12.1 Å². The molecule has 0 spiro atoms. The van der Waals surface area contributed by atoms with Crippen LogP contribution in [0, 0.1) is 0 Å². The number of carbonyl (C=O) groups is 1. The van der Waals surface area contributed by atoms with Crippen molar-refractivity contribution in [1.29, 1.82) is 0 Å². The quantitative estimate of drug-likeness (QED) is 0.626. The molecule has 0 unspecified atom stereocenters. The highest BCUT2D eigenvalue weighted by atomic mass is 32.2. The largest absolute Gasteiger partial charge is 0.341 e. The smallest absolute Gasteiger partial charge is 0.325 e. The Bertz CT molecular complexity index is 1100. The van der Waals surface area contributed by atoms with Crippen LogP contribution in [0.4, 0.5) is 14.5 Å². The van der Waals surface area contributed by atoms with Gasteiger partial charge in [-0.2, -0.15) is 20.5 Å². The van der Waals surface area contributed by atoms with Crippen molar-refractivity contribution in [2.75, 3.05) is 11.6 Å². The summed E-state index contributed by atoms with van der Waals surface area (Å²) in [6.45, 7) is 0.0213. The maximum Gasteiger partial charge on any atom is 0.341 e. The van der Waals surface area contributed by atoms with Crippen LogP contribution >= 0.6 is 11.8 Å². The van der Waals surface area contributed by atoms with Gasteiger partial charge in [-0.25, -0.2) is 13.4 Å². The van der Waals surface area contributed by atoms with Crippen LogP contribution in [0.1, 0.15) is 5.82 Å². The molecule has 2 aromatic carbocycles. The Hall–Kier alpha value is -2.46. The molecular weight excluding hydrogens is 408 g/mol. The number of halogens is 2. The molecule has 0 aliphatic carbocycles. The number of anilines is 1. The van der Waals surface area contributed by atoms with Crippen LogP contribution in [0.15, 0.2) is 53.4 Å². The van der Waals surface area contributed by atoms with Gasteiger partial charge in [0.25, 0.3) is 0 Å². The maximum absolute atomic E-state index is 12.6. The summed E-state index contributed by atoms with van der Waals surface area (Å²) < 4.78 is 49.9. The molecule has 3 rings (SSSR count). The lowest BCUT2D eigenvalue weighted by Gasteiger charge is -2.10. The second-order valence-electron chi connectivity index (χ2n) is 5.91. The predicted octanol–water partition coefficient (Wildman–Crippen LogP) is 3.53. The number of nitrogens with one attached hydrogen (secondary N) is 1. The van der Waals surface area contributed by atoms with Crippen molar-refractivity contribution >= 4 is 44.2 Å². The summed E-state index contributed by atoms with van der Waals surface area (Å²) in [5, 5.41) is 2.65. The van der Waals surface area contributed by atoms with Crippen molar-refractivity contribution in [3.05, 3.63) is 54.4 Å². The molecule has 0 radical (unpaired) electrons. The lowest BCUT2D eigenvalue weighted by molar-refractivity contribution is -0.116. The van der Waals surface area contributed by atoms with Crippen molar-refractivity contribution in [2.45, 2.75) is 23.0 Å². The van der Waals surface area contributed by atoms with Crippen molar-refractivity contribution in [2.24, 2.45) is 0 Å². The van der Waals surface area contributed by atoms with Crippen LogP contribution in [-0.2, 0) is 26.9 Å². The van der Waals surface area contributed by atoms with E-state index in [0.717, 1.165) is 29.0 Å². The molecule has 0 fully saturated rings. The lowest BCUT2D eigenvalue weighted by atomic mass is 10.3. The summed E-state index contributed by atoms with van der Waals surface area (Å²) in [5.41, 5.74) is 1.94. The minimum absolute atomic E-state index is 0.0213. The highest BCUT2D eigenvalue weighted by molar-refractivity contribution is 7.97. The molecule has 0 saturated heterocycles. The number of alkyl halides is 2. The molecule has 10 heteroatoms. The SMILES string of the molecule is CSCc1nc2ccccc2n1CC(=O)Nc1ccc(S(=O)(=O)C(F)F)cc1. The van der Waals surface area contributed by atoms with Crippen molar-refractivity contribution < 1.29 is 22.0 Å². The number of sulfone groups is 1. The third-order valence-corrected chi connectivity index (χ3v) is 5.96. The summed E-state index contributed by atoms with van der Waals surface area (Å²) >= 11 is 1.59. The number of benzene rings is 2. The van der Waals surface area contributed by atoms with Crippen molar-refractivity contribution in [3.63, 3.8) is 0 Å². The standard InChI is InChI=1S/C18H17F2N3O3S2/c1-27-11-16-22-14-4-2-3-5-15(14)23(16)10-17(24)21-12-6-8-13(9-7-12)28(25,26)18(19)20/h2-9,18H,10-11H2,1H3,(H,21,24). The maximum atomic E-state index is 12.6. The van der Waals surface area contributed by atoms with E-state index in [1.807, 2.05) is 35.1 Å². The molecule has 28 heavy (non-hydrogen) atoms. The van der Waals surface area contributed by atoms with Gasteiger partial charge in [0.05, 0.1) is 21.7 Å². The predicted molar refractivity (Wildman–Crippen MR) is 105 cm³/mol. The number of carbonyl (C=O) groups excluding carboxylic acids is 1. The second kappa shape index (κ2) is 8.27. The fraction of sp³-hybridized carbons (Fsp3) is 0.222. The van der Waals surface area contributed by atoms with Gasteiger partial charge in [0.15, 0.2) is 0 Å². The topological polar surface area (TPSA) is 81.1 Å². The van der Waals surface area contributed by atoms with Gasteiger partial charge in [-0.05, 0) is 42.7 Å². The number of rotatable bonds is 7. The van der Waals surface area contributed by atoms with E-state index < -0.39 is 20.5 Å². The minimum atomic E-state index is -4.66. The first-order valence-corrected chi connectivity index (χ1v) is 11.1. The van der Waals surface area contributed by atoms with E-state index in [0.29, 0.717) is 11.4 Å². The Kier molecular flexibility index (Phi) is 5.99. The monoisotopic (exact) mass is 425 g/mol. The highest BCUT2D eigenvalue weighted by Crippen LogP contribution is 2.21. The van der Waals surface area contributed by atoms with E-state index in [4.69, 9.17) is 0 Å². The molecule has 0 aliphatic heterocycles. The van der Waals surface area contributed by atoms with Crippen LogP contribution in [0.5, 0.6) is 0 Å². The molecule has 1 aromatic heterocycles. The summed E-state index contributed by atoms with van der Waals surface area (Å²) in [5.74, 6) is -2.42. The molecule has 0 atom stereocenters. The number of amides is 1. The van der Waals surface area contributed by atoms with Gasteiger partial charge < -0.3 is 9.88 Å². The van der Waals surface area contributed by atoms with Crippen molar-refractivity contribution in [3.8, 4) is 0 Å². The Balaban J connectivity index is 1.78. The van der Waals surface area contributed by atoms with Crippen molar-refractivity contribution in [1.82, 2.24) is 9.55 Å². The van der Waals surface area contributed by atoms with E-state index in [2.05, 4.69) is 10.3 Å². The van der Waals surface area contributed by atoms with Gasteiger partial charge in [-0.15, -0.1) is 0 Å². The van der Waals surface area contributed by atoms with Gasteiger partial charge in [-0.3, -0.25) is 4.79 Å². The van der Waals surface area contributed by atoms with E-state index in [1.54, 1.807) is 11.8 Å². The Morgan fingerprint density at radius 1 is 1.18 bits per heavy atom. The first-order valence-electron chi connectivity index (χ1n) is 8.18. The summed E-state index contributed by atoms with van der Waals surface area (Å²) in [6, 6.07) is 12.1. The normalized spacial score (nSPS) is 11.9. The number of nitrogens with zero attached hydrogens (tertiary/aromatic N) is 2. The number of para-hydroxylation sites is 2. The third kappa shape index (κ3) is 4.17. The molecular formula is C18H17F2N3O3S2. The van der Waals surface area contributed by atoms with Crippen LogP contribution in [0.3, 0.4) is 0 Å². The molecule has 1 heterocycles. The van der Waals surface area contributed by atoms with Crippen LogP contribution in [0.2, 0.25) is 0 Å². The molecule has 148 valence electrons. The zero-order valence-electron chi connectivity index (χ0n) is 14.8. The first-order chi connectivity index (χ1) is 13.3. The average Bonchev–Trinajstić information content (AvgIpc) is 3.00. The molecule has 6 nitrogen and oxygen atoms in total. The van der Waals surface area contributed by atoms with Crippen LogP contribution in [-0.4, -0.2) is 35.9 Å². The highest BCUT2D eigenvalue weighted by Gasteiger charge is 2.26. The average molecular weight is 425 g/mol. The zero-order chi connectivity index (χ0) is 20.3. The number of thioether (sulfide) groups is 1. The molecule has 3 aromatic rings. The van der Waals surface area contributed by atoms with E-state index >= 15 is 0 Å². The molecule has 1 N–H and O–H groups in total. The summed E-state index contributed by atoms with van der Waals surface area (Å²) in [4.78, 5) is 16.5. The van der Waals surface area contributed by atoms with Gasteiger partial charge >= 0.3 is 5.76 Å². The lowest BCUT2D eigenvalue weighted by Crippen LogP contribution is -2.20. The van der Waals surface area contributed by atoms with Gasteiger partial charge in [0.1, 0.15) is 12.4 Å². The molecule has 0 saturated carbocycles. The Morgan fingerprint density at radius 3 is 2.50 bits per heavy atom. The Labute approximate surface area is 164 Å². The van der Waals surface area contributed by atoms with Gasteiger partial charge in [0.2, 0.25) is 15.7 Å². The van der Waals surface area contributed by atoms with Crippen LogP contribution < -0.4 is 5.32 Å². The van der Waals surface area contributed by atoms with E-state index in [-0.39, 0.29) is 12.5 Å². The second-order valence-corrected chi connectivity index (χ2v) is 8.70. The summed E-state index contributed by atoms with van der Waals surface area (Å²) in [6.07, 6.45) is 1.94. The van der Waals surface area contributed by atoms with Gasteiger partial charge in [0, 0.05) is 5.69 Å². The molecule has 0 aliphatic rings. The number of hydrogen-bond donors (Lipinski definition) is 1. The van der Waals surface area contributed by atoms with Crippen LogP contribution in [0.25, 0.3) is 11.0 Å². The number of imidazole rings is 1. The third-order valence-electron chi connectivity index (χ3n) is 4.01. The fourth-order valence-electron chi connectivity index (χ4n) is 2.72. The Morgan fingerprint density at radius 2 is 1.86 bits per heavy atom. The number of fused-ring (bicyclic) bond motifs is 1. The minimum Gasteiger partial charge on any atom is -0.325 e. The van der Waals surface area contributed by atoms with Gasteiger partial charge in [-0.1, -0.05) is 12.1 Å². The molecule has 0 bridgehead atoms.